The van der Waals surface area contributed by atoms with E-state index in [4.69, 9.17) is 5.73 Å². The van der Waals surface area contributed by atoms with Gasteiger partial charge in [-0.15, -0.1) is 13.2 Å². The molecule has 0 amide bonds. The van der Waals surface area contributed by atoms with Crippen molar-refractivity contribution in [2.75, 3.05) is 0 Å². The number of alkyl halides is 3. The van der Waals surface area contributed by atoms with E-state index < -0.39 is 6.36 Å². The van der Waals surface area contributed by atoms with Gasteiger partial charge in [0, 0.05) is 10.5 Å². The van der Waals surface area contributed by atoms with Gasteiger partial charge in [0.15, 0.2) is 5.75 Å². The first kappa shape index (κ1) is 15.8. The molecule has 8 heteroatoms. The Kier molecular flexibility index (Phi) is 4.58. The fourth-order valence-corrected chi connectivity index (χ4v) is 2.22. The van der Waals surface area contributed by atoms with Crippen LogP contribution in [0, 0.1) is 0 Å². The number of hydrogen-bond donors (Lipinski definition) is 1. The second-order valence-electron chi connectivity index (χ2n) is 4.36. The lowest BCUT2D eigenvalue weighted by atomic mass is 10.1. The first-order valence-electron chi connectivity index (χ1n) is 6.15. The van der Waals surface area contributed by atoms with E-state index in [2.05, 4.69) is 25.7 Å². The van der Waals surface area contributed by atoms with Crippen LogP contribution in [0.5, 0.6) is 5.75 Å². The van der Waals surface area contributed by atoms with E-state index in [1.54, 1.807) is 6.07 Å². The zero-order chi connectivity index (χ0) is 15.6. The molecular weight excluding hydrogens is 351 g/mol. The minimum Gasteiger partial charge on any atom is -0.403 e. The number of imidazole rings is 1. The Labute approximate surface area is 127 Å². The molecule has 4 nitrogen and oxygen atoms in total. The molecule has 2 aromatic rings. The number of hydrogen-bond acceptors (Lipinski definition) is 3. The SMILES string of the molecule is CC[C@@H](N)c1cncn1-c1ccc(Br)cc1OC(F)(F)F. The van der Waals surface area contributed by atoms with Gasteiger partial charge in [-0.3, -0.25) is 4.57 Å². The van der Waals surface area contributed by atoms with Crippen LogP contribution in [0.1, 0.15) is 25.1 Å². The highest BCUT2D eigenvalue weighted by Gasteiger charge is 2.32. The molecule has 0 saturated heterocycles. The molecule has 0 radical (unpaired) electrons. The predicted octanol–water partition coefficient (Wildman–Crippen LogP) is 3.94. The summed E-state index contributed by atoms with van der Waals surface area (Å²) in [5.74, 6) is -0.320. The Balaban J connectivity index is 2.51. The van der Waals surface area contributed by atoms with E-state index in [1.165, 1.54) is 29.2 Å². The predicted molar refractivity (Wildman–Crippen MR) is 75.2 cm³/mol. The van der Waals surface area contributed by atoms with E-state index >= 15 is 0 Å². The van der Waals surface area contributed by atoms with Crippen LogP contribution in [0.25, 0.3) is 5.69 Å². The number of nitrogens with two attached hydrogens (primary N) is 1. The van der Waals surface area contributed by atoms with Gasteiger partial charge >= 0.3 is 6.36 Å². The van der Waals surface area contributed by atoms with E-state index in [-0.39, 0.29) is 17.5 Å². The van der Waals surface area contributed by atoms with E-state index in [9.17, 15) is 13.2 Å². The molecular formula is C13H13BrF3N3O. The topological polar surface area (TPSA) is 53.1 Å². The largest absolute Gasteiger partial charge is 0.573 e. The fourth-order valence-electron chi connectivity index (χ4n) is 1.88. The standard InChI is InChI=1S/C13H13BrF3N3O/c1-2-9(18)11-6-19-7-20(11)10-4-3-8(14)5-12(10)21-13(15,16)17/h3-7,9H,2,18H2,1H3/t9-/m1/s1. The third-order valence-corrected chi connectivity index (χ3v) is 3.39. The summed E-state index contributed by atoms with van der Waals surface area (Å²) in [5, 5.41) is 0. The van der Waals surface area contributed by atoms with Crippen molar-refractivity contribution >= 4 is 15.9 Å². The van der Waals surface area contributed by atoms with E-state index in [0.29, 0.717) is 16.6 Å². The summed E-state index contributed by atoms with van der Waals surface area (Å²) in [7, 11) is 0. The van der Waals surface area contributed by atoms with E-state index in [0.717, 1.165) is 0 Å². The van der Waals surface area contributed by atoms with Crippen LogP contribution in [-0.2, 0) is 0 Å². The molecule has 0 saturated carbocycles. The molecule has 2 rings (SSSR count). The normalized spacial score (nSPS) is 13.2. The molecule has 0 spiro atoms. The quantitative estimate of drug-likeness (QED) is 0.894. The summed E-state index contributed by atoms with van der Waals surface area (Å²) in [4.78, 5) is 3.96. The lowest BCUT2D eigenvalue weighted by Gasteiger charge is -2.17. The van der Waals surface area contributed by atoms with E-state index in [1.807, 2.05) is 6.92 Å². The number of nitrogens with zero attached hydrogens (tertiary/aromatic N) is 2. The van der Waals surface area contributed by atoms with Gasteiger partial charge in [0.2, 0.25) is 0 Å². The summed E-state index contributed by atoms with van der Waals surface area (Å²) in [6.07, 6.45) is -1.19. The minimum absolute atomic E-state index is 0.229. The van der Waals surface area contributed by atoms with Gasteiger partial charge in [-0.25, -0.2) is 4.98 Å². The molecule has 0 bridgehead atoms. The van der Waals surface area contributed by atoms with Crippen molar-refractivity contribution in [2.45, 2.75) is 25.7 Å². The first-order chi connectivity index (χ1) is 9.81. The highest BCUT2D eigenvalue weighted by Crippen LogP contribution is 2.33. The molecule has 2 N–H and O–H groups in total. The average molecular weight is 364 g/mol. The molecule has 0 aliphatic heterocycles. The first-order valence-corrected chi connectivity index (χ1v) is 6.94. The van der Waals surface area contributed by atoms with Crippen molar-refractivity contribution in [2.24, 2.45) is 5.73 Å². The van der Waals surface area contributed by atoms with Gasteiger partial charge in [-0.2, -0.15) is 0 Å². The maximum absolute atomic E-state index is 12.5. The number of aromatic nitrogens is 2. The molecule has 21 heavy (non-hydrogen) atoms. The van der Waals surface area contributed by atoms with Crippen molar-refractivity contribution in [3.63, 3.8) is 0 Å². The zero-order valence-electron chi connectivity index (χ0n) is 11.1. The second kappa shape index (κ2) is 6.07. The highest BCUT2D eigenvalue weighted by atomic mass is 79.9. The number of benzene rings is 1. The Morgan fingerprint density at radius 3 is 2.76 bits per heavy atom. The van der Waals surface area contributed by atoms with Crippen molar-refractivity contribution in [3.05, 3.63) is 40.9 Å². The third-order valence-electron chi connectivity index (χ3n) is 2.89. The van der Waals surface area contributed by atoms with Crippen LogP contribution in [0.3, 0.4) is 0 Å². The summed E-state index contributed by atoms with van der Waals surface area (Å²) < 4.78 is 43.7. The van der Waals surface area contributed by atoms with Gasteiger partial charge in [0.05, 0.1) is 23.9 Å². The fraction of sp³-hybridized carbons (Fsp3) is 0.308. The smallest absolute Gasteiger partial charge is 0.403 e. The molecule has 1 aromatic carbocycles. The Morgan fingerprint density at radius 1 is 1.43 bits per heavy atom. The molecule has 1 atom stereocenters. The van der Waals surface area contributed by atoms with Gasteiger partial charge < -0.3 is 10.5 Å². The number of halogens is 4. The second-order valence-corrected chi connectivity index (χ2v) is 5.28. The summed E-state index contributed by atoms with van der Waals surface area (Å²) in [5.41, 5.74) is 6.80. The van der Waals surface area contributed by atoms with Gasteiger partial charge in [0.1, 0.15) is 0 Å². The number of rotatable bonds is 4. The molecule has 0 fully saturated rings. The lowest BCUT2D eigenvalue weighted by Crippen LogP contribution is -2.19. The van der Waals surface area contributed by atoms with Gasteiger partial charge in [-0.1, -0.05) is 22.9 Å². The maximum Gasteiger partial charge on any atom is 0.573 e. The molecule has 0 aliphatic rings. The molecule has 1 aromatic heterocycles. The Bertz CT molecular complexity index is 627. The Hall–Kier alpha value is -1.54. The van der Waals surface area contributed by atoms with Crippen molar-refractivity contribution in [1.29, 1.82) is 0 Å². The van der Waals surface area contributed by atoms with Crippen LogP contribution < -0.4 is 10.5 Å². The van der Waals surface area contributed by atoms with Gasteiger partial charge in [-0.05, 0) is 24.6 Å². The summed E-state index contributed by atoms with van der Waals surface area (Å²) >= 11 is 3.13. The van der Waals surface area contributed by atoms with Crippen LogP contribution in [-0.4, -0.2) is 15.9 Å². The average Bonchev–Trinajstić information content (AvgIpc) is 2.85. The monoisotopic (exact) mass is 363 g/mol. The molecule has 0 unspecified atom stereocenters. The van der Waals surface area contributed by atoms with Crippen LogP contribution in [0.2, 0.25) is 0 Å². The zero-order valence-corrected chi connectivity index (χ0v) is 12.6. The summed E-state index contributed by atoms with van der Waals surface area (Å²) in [6.45, 7) is 1.89. The highest BCUT2D eigenvalue weighted by molar-refractivity contribution is 9.10. The molecule has 114 valence electrons. The minimum atomic E-state index is -4.77. The van der Waals surface area contributed by atoms with Crippen LogP contribution >= 0.6 is 15.9 Å². The Morgan fingerprint density at radius 2 is 2.14 bits per heavy atom. The lowest BCUT2D eigenvalue weighted by molar-refractivity contribution is -0.274. The van der Waals surface area contributed by atoms with Crippen molar-refractivity contribution in [1.82, 2.24) is 9.55 Å². The maximum atomic E-state index is 12.5. The van der Waals surface area contributed by atoms with Crippen molar-refractivity contribution < 1.29 is 17.9 Å². The summed E-state index contributed by atoms with van der Waals surface area (Å²) in [6, 6.07) is 4.07. The van der Waals surface area contributed by atoms with Crippen molar-refractivity contribution in [3.8, 4) is 11.4 Å². The molecule has 0 aliphatic carbocycles. The van der Waals surface area contributed by atoms with Gasteiger partial charge in [0.25, 0.3) is 0 Å². The number of ether oxygens (including phenoxy) is 1. The molecule has 1 heterocycles. The van der Waals surface area contributed by atoms with Crippen LogP contribution in [0.4, 0.5) is 13.2 Å². The van der Waals surface area contributed by atoms with Crippen LogP contribution in [0.15, 0.2) is 35.2 Å². The third kappa shape index (κ3) is 3.76.